The van der Waals surface area contributed by atoms with Crippen molar-refractivity contribution in [2.24, 2.45) is 4.99 Å². The maximum absolute atomic E-state index is 14.0. The van der Waals surface area contributed by atoms with Gasteiger partial charge in [-0.05, 0) is 42.7 Å². The van der Waals surface area contributed by atoms with Gasteiger partial charge in [0, 0.05) is 51.0 Å². The Morgan fingerprint density at radius 2 is 2.16 bits per heavy atom. The number of hydrogen-bond acceptors (Lipinski definition) is 4. The lowest BCUT2D eigenvalue weighted by molar-refractivity contribution is -0.116. The van der Waals surface area contributed by atoms with Crippen LogP contribution in [0.15, 0.2) is 47.6 Å². The Labute approximate surface area is 199 Å². The first-order valence-corrected chi connectivity index (χ1v) is 10.3. The van der Waals surface area contributed by atoms with Crippen LogP contribution in [0.3, 0.4) is 0 Å². The molecule has 0 bridgehead atoms. The highest BCUT2D eigenvalue weighted by Crippen LogP contribution is 2.20. The summed E-state index contributed by atoms with van der Waals surface area (Å²) >= 11 is 0. The van der Waals surface area contributed by atoms with E-state index < -0.39 is 0 Å². The number of nitrogens with zero attached hydrogens (tertiary/aromatic N) is 3. The molecule has 7 nitrogen and oxygen atoms in total. The van der Waals surface area contributed by atoms with Crippen molar-refractivity contribution in [3.8, 4) is 0 Å². The number of nitrogens with one attached hydrogen (secondary N) is 3. The first-order valence-electron chi connectivity index (χ1n) is 10.3. The smallest absolute Gasteiger partial charge is 0.224 e. The Morgan fingerprint density at radius 3 is 2.90 bits per heavy atom. The summed E-state index contributed by atoms with van der Waals surface area (Å²) < 4.78 is 14.0. The van der Waals surface area contributed by atoms with E-state index in [1.54, 1.807) is 19.3 Å². The molecule has 1 fully saturated rings. The molecule has 2 aromatic rings. The van der Waals surface area contributed by atoms with Crippen LogP contribution in [0.25, 0.3) is 0 Å². The van der Waals surface area contributed by atoms with E-state index >= 15 is 0 Å². The average molecular weight is 540 g/mol. The Hall–Kier alpha value is -2.43. The van der Waals surface area contributed by atoms with Crippen LogP contribution < -0.4 is 20.9 Å². The maximum Gasteiger partial charge on any atom is 0.224 e. The summed E-state index contributed by atoms with van der Waals surface area (Å²) in [6.07, 6.45) is 3.81. The van der Waals surface area contributed by atoms with Crippen LogP contribution in [0.5, 0.6) is 0 Å². The van der Waals surface area contributed by atoms with Crippen LogP contribution in [0.2, 0.25) is 0 Å². The largest absolute Gasteiger partial charge is 0.352 e. The summed E-state index contributed by atoms with van der Waals surface area (Å²) in [7, 11) is 1.72. The number of hydrogen-bond donors (Lipinski definition) is 3. The molecule has 0 saturated carbocycles. The molecule has 1 aromatic carbocycles. The van der Waals surface area contributed by atoms with Crippen LogP contribution in [-0.2, 0) is 11.3 Å². The van der Waals surface area contributed by atoms with Crippen LogP contribution in [-0.4, -0.2) is 43.0 Å². The van der Waals surface area contributed by atoms with Crippen LogP contribution in [0.1, 0.15) is 31.7 Å². The number of guanidine groups is 1. The molecule has 1 amide bonds. The maximum atomic E-state index is 14.0. The number of benzene rings is 1. The normalized spacial score (nSPS) is 15.9. The minimum atomic E-state index is -0.299. The minimum Gasteiger partial charge on any atom is -0.352 e. The summed E-state index contributed by atoms with van der Waals surface area (Å²) in [6, 6.07) is 10.9. The molecule has 1 saturated heterocycles. The predicted molar refractivity (Wildman–Crippen MR) is 134 cm³/mol. The van der Waals surface area contributed by atoms with Gasteiger partial charge in [0.1, 0.15) is 0 Å². The van der Waals surface area contributed by atoms with Crippen molar-refractivity contribution in [3.63, 3.8) is 0 Å². The third kappa shape index (κ3) is 7.34. The molecule has 1 atom stereocenters. The Bertz CT molecular complexity index is 894. The molecule has 3 N–H and O–H groups in total. The van der Waals surface area contributed by atoms with Crippen LogP contribution in [0.4, 0.5) is 15.9 Å². The van der Waals surface area contributed by atoms with Crippen molar-refractivity contribution >= 4 is 47.3 Å². The first kappa shape index (κ1) is 24.8. The van der Waals surface area contributed by atoms with Gasteiger partial charge in [-0.15, -0.1) is 24.0 Å². The van der Waals surface area contributed by atoms with Crippen LogP contribution in [0, 0.1) is 5.82 Å². The number of carbonyl (C=O) groups excluding carboxylic acids is 1. The average Bonchev–Trinajstić information content (AvgIpc) is 3.20. The quantitative estimate of drug-likeness (QED) is 0.285. The van der Waals surface area contributed by atoms with E-state index in [4.69, 9.17) is 0 Å². The monoisotopic (exact) mass is 540 g/mol. The molecule has 0 spiro atoms. The minimum absolute atomic E-state index is 0. The molecule has 2 heterocycles. The Morgan fingerprint density at radius 1 is 1.32 bits per heavy atom. The molecule has 1 unspecified atom stereocenters. The van der Waals surface area contributed by atoms with Gasteiger partial charge in [0.2, 0.25) is 5.91 Å². The van der Waals surface area contributed by atoms with E-state index in [9.17, 15) is 9.18 Å². The van der Waals surface area contributed by atoms with E-state index in [0.29, 0.717) is 31.3 Å². The fraction of sp³-hybridized carbons (Fsp3) is 0.409. The summed E-state index contributed by atoms with van der Waals surface area (Å²) in [5.41, 5.74) is 1.83. The van der Waals surface area contributed by atoms with Crippen molar-refractivity contribution in [2.75, 3.05) is 30.4 Å². The highest BCUT2D eigenvalue weighted by Gasteiger charge is 2.25. The van der Waals surface area contributed by atoms with Gasteiger partial charge in [0.25, 0.3) is 0 Å². The van der Waals surface area contributed by atoms with Gasteiger partial charge in [0.05, 0.1) is 0 Å². The van der Waals surface area contributed by atoms with Gasteiger partial charge in [-0.1, -0.05) is 19.1 Å². The van der Waals surface area contributed by atoms with Crippen molar-refractivity contribution in [3.05, 3.63) is 54.0 Å². The van der Waals surface area contributed by atoms with Crippen LogP contribution >= 0.6 is 24.0 Å². The van der Waals surface area contributed by atoms with Gasteiger partial charge in [-0.25, -0.2) is 9.37 Å². The fourth-order valence-corrected chi connectivity index (χ4v) is 3.46. The zero-order valence-corrected chi connectivity index (χ0v) is 20.2. The number of aromatic nitrogens is 1. The molecule has 0 radical (unpaired) electrons. The van der Waals surface area contributed by atoms with Crippen molar-refractivity contribution in [1.82, 2.24) is 15.6 Å². The third-order valence-corrected chi connectivity index (χ3v) is 4.94. The molecule has 9 heteroatoms. The number of pyridine rings is 1. The third-order valence-electron chi connectivity index (χ3n) is 4.94. The molecule has 1 aliphatic heterocycles. The summed E-state index contributed by atoms with van der Waals surface area (Å²) in [5.74, 6) is 0.803. The lowest BCUT2D eigenvalue weighted by atomic mass is 10.2. The van der Waals surface area contributed by atoms with E-state index in [0.717, 1.165) is 30.6 Å². The van der Waals surface area contributed by atoms with E-state index in [1.165, 1.54) is 6.07 Å². The lowest BCUT2D eigenvalue weighted by Gasteiger charge is -2.20. The highest BCUT2D eigenvalue weighted by molar-refractivity contribution is 14.0. The molecule has 168 valence electrons. The molecule has 3 rings (SSSR count). The zero-order chi connectivity index (χ0) is 21.3. The molecular formula is C22H30FIN6O. The highest BCUT2D eigenvalue weighted by atomic mass is 127. The van der Waals surface area contributed by atoms with Crippen molar-refractivity contribution < 1.29 is 9.18 Å². The zero-order valence-electron chi connectivity index (χ0n) is 17.9. The fourth-order valence-electron chi connectivity index (χ4n) is 3.46. The van der Waals surface area contributed by atoms with E-state index in [-0.39, 0.29) is 41.7 Å². The standard InChI is InChI=1S/C22H29FN6O.HI/c1-3-6-20(30)27-17-8-4-7-16(13-17)14-26-22(24-2)28-18-10-12-29(15-18)21-19(23)9-5-11-25-21;/h4-5,7-9,11,13,18H,3,6,10,12,14-15H2,1-2H3,(H,27,30)(H2,24,26,28);1H. The predicted octanol–water partition coefficient (Wildman–Crippen LogP) is 3.52. The second kappa shape index (κ2) is 12.4. The second-order valence-corrected chi connectivity index (χ2v) is 7.31. The molecule has 31 heavy (non-hydrogen) atoms. The topological polar surface area (TPSA) is 81.6 Å². The van der Waals surface area contributed by atoms with Crippen molar-refractivity contribution in [1.29, 1.82) is 0 Å². The number of carbonyl (C=O) groups is 1. The summed E-state index contributed by atoms with van der Waals surface area (Å²) in [5, 5.41) is 9.61. The number of rotatable bonds is 7. The van der Waals surface area contributed by atoms with E-state index in [2.05, 4.69) is 25.9 Å². The number of halogens is 2. The molecule has 1 aromatic heterocycles. The first-order chi connectivity index (χ1) is 14.6. The second-order valence-electron chi connectivity index (χ2n) is 7.31. The SMILES string of the molecule is CCCC(=O)Nc1cccc(CNC(=NC)NC2CCN(c3ncccc3F)C2)c1.I. The summed E-state index contributed by atoms with van der Waals surface area (Å²) in [4.78, 5) is 22.2. The van der Waals surface area contributed by atoms with E-state index in [1.807, 2.05) is 36.1 Å². The van der Waals surface area contributed by atoms with Gasteiger partial charge >= 0.3 is 0 Å². The Balaban J connectivity index is 0.00000341. The number of aliphatic imine (C=N–C) groups is 1. The molecular weight excluding hydrogens is 510 g/mol. The number of anilines is 2. The lowest BCUT2D eigenvalue weighted by Crippen LogP contribution is -2.44. The molecule has 1 aliphatic rings. The van der Waals surface area contributed by atoms with Gasteiger partial charge in [0.15, 0.2) is 17.6 Å². The molecule has 0 aliphatic carbocycles. The van der Waals surface area contributed by atoms with Gasteiger partial charge < -0.3 is 20.9 Å². The van der Waals surface area contributed by atoms with Gasteiger partial charge in [-0.3, -0.25) is 9.79 Å². The van der Waals surface area contributed by atoms with Crippen molar-refractivity contribution in [2.45, 2.75) is 38.8 Å². The van der Waals surface area contributed by atoms with Gasteiger partial charge in [-0.2, -0.15) is 0 Å². The Kier molecular flexibility index (Phi) is 9.96. The summed E-state index contributed by atoms with van der Waals surface area (Å²) in [6.45, 7) is 3.95. The number of amides is 1.